The monoisotopic (exact) mass is 1200 g/mol. The molecule has 0 aliphatic carbocycles. The van der Waals surface area contributed by atoms with Gasteiger partial charge in [0, 0.05) is 32.4 Å². The van der Waals surface area contributed by atoms with Gasteiger partial charge in [0.15, 0.2) is 0 Å². The van der Waals surface area contributed by atoms with E-state index in [-0.39, 0.29) is 44.5 Å². The number of aliphatic hydroxyl groups excluding tert-OH is 3. The Hall–Kier alpha value is -8.54. The van der Waals surface area contributed by atoms with Crippen LogP contribution in [0.2, 0.25) is 0 Å². The van der Waals surface area contributed by atoms with Gasteiger partial charge in [-0.2, -0.15) is 0 Å². The summed E-state index contributed by atoms with van der Waals surface area (Å²) in [5, 5.41) is 71.0. The second-order valence-corrected chi connectivity index (χ2v) is 21.7. The van der Waals surface area contributed by atoms with Crippen LogP contribution in [-0.4, -0.2) is 205 Å². The fraction of sp³-hybridized carbons (Fsp3) is 0.544. The zero-order chi connectivity index (χ0) is 63.4. The SMILES string of the molecule is CC[C@H](C)[C@@H]1NC(=O)[C@H](CO)NC(=O)C(Cc2ccccc2)NC(=O)[C@H]([C@@H](C)O)NC(=O)[C@@H](NC(=O)[C@@H](N)CO)C/C=C/C[C@H](C(=O)N[C@@H](Cc2ccc(O)cc2)C(=O)O)NC(=O)C(CCC(N)=O)NC(=O)[C@@H]2CCCN2C(=O)[C@@H]2CCCN2C1=O. The molecule has 3 aliphatic heterocycles. The van der Waals surface area contributed by atoms with Crippen molar-refractivity contribution >= 4 is 70.9 Å². The molecule has 11 amide bonds. The van der Waals surface area contributed by atoms with Gasteiger partial charge < -0.3 is 89.3 Å². The number of nitrogens with one attached hydrogen (secondary N) is 8. The molecule has 3 heterocycles. The summed E-state index contributed by atoms with van der Waals surface area (Å²) >= 11 is 0. The molecular weight excluding hydrogens is 1120 g/mol. The molecule has 0 radical (unpaired) electrons. The van der Waals surface area contributed by atoms with E-state index in [0.717, 1.165) is 6.92 Å². The summed E-state index contributed by atoms with van der Waals surface area (Å²) in [5.41, 5.74) is 12.1. The first-order chi connectivity index (χ1) is 40.9. The number of nitrogens with two attached hydrogens (primary N) is 2. The highest BCUT2D eigenvalue weighted by Gasteiger charge is 2.45. The normalized spacial score (nSPS) is 26.2. The van der Waals surface area contributed by atoms with Gasteiger partial charge in [-0.3, -0.25) is 52.7 Å². The molecule has 86 heavy (non-hydrogen) atoms. The molecule has 29 nitrogen and oxygen atoms in total. The van der Waals surface area contributed by atoms with Gasteiger partial charge in [0.25, 0.3) is 0 Å². The van der Waals surface area contributed by atoms with Crippen LogP contribution in [0.5, 0.6) is 5.75 Å². The van der Waals surface area contributed by atoms with E-state index >= 15 is 0 Å². The topological polar surface area (TPSA) is 461 Å². The second kappa shape index (κ2) is 32.7. The van der Waals surface area contributed by atoms with Crippen LogP contribution in [-0.2, 0) is 70.4 Å². The third-order valence-corrected chi connectivity index (χ3v) is 15.2. The summed E-state index contributed by atoms with van der Waals surface area (Å²) in [5.74, 6) is -12.8. The molecule has 0 aromatic heterocycles. The maximum Gasteiger partial charge on any atom is 0.326 e. The maximum absolute atomic E-state index is 14.7. The van der Waals surface area contributed by atoms with E-state index in [2.05, 4.69) is 42.5 Å². The fourth-order valence-corrected chi connectivity index (χ4v) is 10.1. The van der Waals surface area contributed by atoms with Crippen molar-refractivity contribution in [2.24, 2.45) is 17.4 Å². The number of hydrogen-bond donors (Lipinski definition) is 15. The number of amides is 11. The Bertz CT molecular complexity index is 2790. The molecule has 470 valence electrons. The predicted molar refractivity (Wildman–Crippen MR) is 305 cm³/mol. The van der Waals surface area contributed by atoms with E-state index in [1.165, 1.54) is 46.2 Å². The van der Waals surface area contributed by atoms with Crippen LogP contribution in [0, 0.1) is 5.92 Å². The largest absolute Gasteiger partial charge is 0.508 e. The summed E-state index contributed by atoms with van der Waals surface area (Å²) in [6.07, 6.45) is -0.455. The number of carboxylic acids is 1. The number of rotatable bonds is 17. The summed E-state index contributed by atoms with van der Waals surface area (Å²) < 4.78 is 0. The van der Waals surface area contributed by atoms with Crippen molar-refractivity contribution in [1.82, 2.24) is 52.3 Å². The lowest BCUT2D eigenvalue weighted by Gasteiger charge is -2.35. The Morgan fingerprint density at radius 1 is 0.686 bits per heavy atom. The fourth-order valence-electron chi connectivity index (χ4n) is 10.1. The minimum absolute atomic E-state index is 0.0479. The number of aliphatic hydroxyl groups is 3. The van der Waals surface area contributed by atoms with Gasteiger partial charge in [0.05, 0.1) is 19.3 Å². The molecule has 2 unspecified atom stereocenters. The quantitative estimate of drug-likeness (QED) is 0.0664. The lowest BCUT2D eigenvalue weighted by atomic mass is 9.96. The Balaban J connectivity index is 1.59. The van der Waals surface area contributed by atoms with E-state index in [1.54, 1.807) is 44.2 Å². The molecule has 3 aliphatic rings. The van der Waals surface area contributed by atoms with Crippen LogP contribution in [0.4, 0.5) is 0 Å². The van der Waals surface area contributed by atoms with Crippen molar-refractivity contribution in [2.45, 2.75) is 164 Å². The molecule has 0 spiro atoms. The molecule has 5 rings (SSSR count). The summed E-state index contributed by atoms with van der Waals surface area (Å²) in [4.78, 5) is 170. The lowest BCUT2D eigenvalue weighted by molar-refractivity contribution is -0.149. The van der Waals surface area contributed by atoms with Gasteiger partial charge in [-0.15, -0.1) is 0 Å². The average molecular weight is 1210 g/mol. The van der Waals surface area contributed by atoms with Gasteiger partial charge in [0.2, 0.25) is 65.0 Å². The molecule has 29 heteroatoms. The van der Waals surface area contributed by atoms with E-state index in [1.807, 2.05) is 0 Å². The first-order valence-corrected chi connectivity index (χ1v) is 28.5. The van der Waals surface area contributed by atoms with Crippen molar-refractivity contribution in [3.05, 3.63) is 77.9 Å². The number of hydrogen-bond acceptors (Lipinski definition) is 17. The number of phenolic OH excluding ortho intramolecular Hbond substituents is 1. The van der Waals surface area contributed by atoms with Crippen molar-refractivity contribution in [3.63, 3.8) is 0 Å². The van der Waals surface area contributed by atoms with Crippen molar-refractivity contribution in [3.8, 4) is 5.75 Å². The molecule has 17 N–H and O–H groups in total. The minimum atomic E-state index is -1.88. The number of fused-ring (bicyclic) bond motifs is 2. The van der Waals surface area contributed by atoms with E-state index in [9.17, 15) is 83.1 Å². The van der Waals surface area contributed by atoms with Gasteiger partial charge >= 0.3 is 5.97 Å². The number of carbonyl (C=O) groups is 12. The van der Waals surface area contributed by atoms with Crippen LogP contribution >= 0.6 is 0 Å². The van der Waals surface area contributed by atoms with Gasteiger partial charge in [-0.1, -0.05) is 74.9 Å². The Kier molecular flexibility index (Phi) is 25.9. The highest BCUT2D eigenvalue weighted by molar-refractivity contribution is 5.99. The number of benzene rings is 2. The molecule has 13 atom stereocenters. The Morgan fingerprint density at radius 2 is 1.27 bits per heavy atom. The average Bonchev–Trinajstić information content (AvgIpc) is 2.58. The van der Waals surface area contributed by atoms with Crippen LogP contribution < -0.4 is 54.0 Å². The first kappa shape index (κ1) is 68.2. The highest BCUT2D eigenvalue weighted by Crippen LogP contribution is 2.27. The summed E-state index contributed by atoms with van der Waals surface area (Å²) in [6, 6.07) is -3.45. The smallest absolute Gasteiger partial charge is 0.326 e. The summed E-state index contributed by atoms with van der Waals surface area (Å²) in [6.45, 7) is 2.77. The van der Waals surface area contributed by atoms with E-state index in [4.69, 9.17) is 11.5 Å². The van der Waals surface area contributed by atoms with Crippen LogP contribution in [0.1, 0.15) is 89.7 Å². The van der Waals surface area contributed by atoms with Gasteiger partial charge in [-0.25, -0.2) is 4.79 Å². The van der Waals surface area contributed by atoms with Crippen LogP contribution in [0.25, 0.3) is 0 Å². The molecule has 2 saturated heterocycles. The molecule has 0 saturated carbocycles. The number of carboxylic acid groups (broad SMARTS) is 1. The molecule has 0 bridgehead atoms. The number of phenols is 1. The zero-order valence-corrected chi connectivity index (χ0v) is 48.1. The molecular formula is C57H80N12O17. The molecule has 2 aromatic rings. The number of carbonyl (C=O) groups excluding carboxylic acids is 11. The zero-order valence-electron chi connectivity index (χ0n) is 48.1. The number of primary amides is 1. The number of aromatic hydroxyl groups is 1. The second-order valence-electron chi connectivity index (χ2n) is 21.7. The van der Waals surface area contributed by atoms with Crippen molar-refractivity contribution in [1.29, 1.82) is 0 Å². The van der Waals surface area contributed by atoms with E-state index in [0.29, 0.717) is 30.4 Å². The third kappa shape index (κ3) is 19.2. The van der Waals surface area contributed by atoms with Crippen LogP contribution in [0.3, 0.4) is 0 Å². The lowest BCUT2D eigenvalue weighted by Crippen LogP contribution is -2.62. The standard InChI is InChI=1S/C57H80N12O17/c1-4-30(2)45-56(84)69-25-11-17-43(69)55(83)68-24-10-16-42(68)53(81)62-38(22-23-44(59)74)49(77)61-36(48(76)64-40(57(85)86)27-33-18-20-34(73)21-19-33)14-8-9-15-37(60-47(75)35(58)28-70)50(78)67-46(31(3)72)54(82)63-39(26-32-12-6-5-7-13-32)51(79)65-41(29-71)52(80)66-45/h5-9,12-13,18-21,30-31,35-43,45-46,70-73H,4,10-11,14-17,22-29,58H2,1-3H3,(H2,59,74)(H,60,75)(H,61,77)(H,62,81)(H,63,82)(H,64,76)(H,65,79)(H,66,80)(H,67,78)(H,85,86)/b9-8+/t30-,31+,35-,36+,37-,38?,39?,40-,41-,42-,43-,45-,46-/m0/s1. The number of nitrogens with zero attached hydrogens (tertiary/aromatic N) is 2. The minimum Gasteiger partial charge on any atom is -0.508 e. The predicted octanol–water partition coefficient (Wildman–Crippen LogP) is -4.52. The number of aliphatic carboxylic acids is 1. The first-order valence-electron chi connectivity index (χ1n) is 28.5. The highest BCUT2D eigenvalue weighted by atomic mass is 16.4. The Morgan fingerprint density at radius 3 is 1.87 bits per heavy atom. The van der Waals surface area contributed by atoms with Crippen molar-refractivity contribution < 1.29 is 83.1 Å². The van der Waals surface area contributed by atoms with Crippen molar-refractivity contribution in [2.75, 3.05) is 26.3 Å². The summed E-state index contributed by atoms with van der Waals surface area (Å²) in [7, 11) is 0. The van der Waals surface area contributed by atoms with E-state index < -0.39 is 188 Å². The third-order valence-electron chi connectivity index (χ3n) is 15.2. The van der Waals surface area contributed by atoms with Gasteiger partial charge in [-0.05, 0) is 81.0 Å². The molecule has 2 aromatic carbocycles. The molecule has 2 fully saturated rings. The van der Waals surface area contributed by atoms with Crippen LogP contribution in [0.15, 0.2) is 66.7 Å². The maximum atomic E-state index is 14.7. The Labute approximate surface area is 496 Å². The van der Waals surface area contributed by atoms with Gasteiger partial charge in [0.1, 0.15) is 72.2 Å².